The molecule has 7 heteroatoms. The lowest BCUT2D eigenvalue weighted by atomic mass is 10.0. The third-order valence-corrected chi connectivity index (χ3v) is 6.09. The van der Waals surface area contributed by atoms with Gasteiger partial charge in [-0.2, -0.15) is 0 Å². The summed E-state index contributed by atoms with van der Waals surface area (Å²) in [5.41, 5.74) is 6.96. The van der Waals surface area contributed by atoms with E-state index >= 15 is 0 Å². The molecule has 0 bridgehead atoms. The van der Waals surface area contributed by atoms with Crippen molar-refractivity contribution in [1.29, 1.82) is 0 Å². The maximum absolute atomic E-state index is 11.6. The minimum atomic E-state index is -0.328. The van der Waals surface area contributed by atoms with Crippen molar-refractivity contribution in [3.05, 3.63) is 88.6 Å². The maximum Gasteiger partial charge on any atom is 0.337 e. The average molecular weight is 447 g/mol. The number of hydrogen-bond donors (Lipinski definition) is 3. The predicted octanol–water partition coefficient (Wildman–Crippen LogP) is 5.48. The molecule has 32 heavy (non-hydrogen) atoms. The minimum absolute atomic E-state index is 0.242. The first-order valence-electron chi connectivity index (χ1n) is 10.4. The van der Waals surface area contributed by atoms with Gasteiger partial charge in [0.2, 0.25) is 0 Å². The summed E-state index contributed by atoms with van der Waals surface area (Å²) in [6, 6.07) is 13.9. The fourth-order valence-electron chi connectivity index (χ4n) is 3.42. The number of esters is 1. The highest BCUT2D eigenvalue weighted by Crippen LogP contribution is 2.29. The molecule has 1 unspecified atom stereocenters. The molecule has 1 aliphatic rings. The Morgan fingerprint density at radius 1 is 1.22 bits per heavy atom. The molecule has 3 aromatic rings. The molecule has 0 aliphatic carbocycles. The van der Waals surface area contributed by atoms with Gasteiger partial charge >= 0.3 is 5.97 Å². The summed E-state index contributed by atoms with van der Waals surface area (Å²) in [6.07, 6.45) is 6.06. The number of dihydropyridines is 1. The van der Waals surface area contributed by atoms with Gasteiger partial charge in [-0.3, -0.25) is 0 Å². The van der Waals surface area contributed by atoms with E-state index in [2.05, 4.69) is 59.5 Å². The monoisotopic (exact) mass is 446 g/mol. The molecule has 2 heterocycles. The molecule has 0 fully saturated rings. The zero-order chi connectivity index (χ0) is 22.5. The summed E-state index contributed by atoms with van der Waals surface area (Å²) < 4.78 is 4.74. The second-order valence-electron chi connectivity index (χ2n) is 7.60. The first kappa shape index (κ1) is 21.6. The van der Waals surface area contributed by atoms with Crippen molar-refractivity contribution in [3.63, 3.8) is 0 Å². The molecular formula is C25H26N4O2S. The van der Waals surface area contributed by atoms with Crippen LogP contribution in [0.3, 0.4) is 0 Å². The molecule has 0 amide bonds. The number of nitrogens with one attached hydrogen (secondary N) is 3. The van der Waals surface area contributed by atoms with E-state index in [1.54, 1.807) is 23.5 Å². The van der Waals surface area contributed by atoms with Gasteiger partial charge in [-0.1, -0.05) is 24.3 Å². The van der Waals surface area contributed by atoms with E-state index < -0.39 is 0 Å². The summed E-state index contributed by atoms with van der Waals surface area (Å²) in [6.45, 7) is 4.86. The number of ether oxygens (including phenoxy) is 1. The van der Waals surface area contributed by atoms with Crippen molar-refractivity contribution in [2.24, 2.45) is 0 Å². The highest BCUT2D eigenvalue weighted by atomic mass is 32.1. The highest BCUT2D eigenvalue weighted by Gasteiger charge is 2.15. The lowest BCUT2D eigenvalue weighted by Crippen LogP contribution is -2.24. The number of methoxy groups -OCH3 is 1. The molecule has 1 atom stereocenters. The van der Waals surface area contributed by atoms with Crippen LogP contribution in [0.5, 0.6) is 0 Å². The molecule has 164 valence electrons. The molecule has 4 rings (SSSR count). The number of nitrogens with zero attached hydrogens (tertiary/aromatic N) is 1. The van der Waals surface area contributed by atoms with Crippen molar-refractivity contribution in [3.8, 4) is 0 Å². The number of allylic oxidation sites excluding steroid dienone is 2. The summed E-state index contributed by atoms with van der Waals surface area (Å²) in [5, 5.41) is 13.2. The zero-order valence-corrected chi connectivity index (χ0v) is 19.1. The second-order valence-corrected chi connectivity index (χ2v) is 8.46. The van der Waals surface area contributed by atoms with Gasteiger partial charge in [0.15, 0.2) is 5.13 Å². The summed E-state index contributed by atoms with van der Waals surface area (Å²) in [7, 11) is 1.38. The van der Waals surface area contributed by atoms with Crippen molar-refractivity contribution in [2.45, 2.75) is 26.4 Å². The Hall–Kier alpha value is -3.58. The van der Waals surface area contributed by atoms with Gasteiger partial charge in [0.25, 0.3) is 0 Å². The van der Waals surface area contributed by atoms with Gasteiger partial charge in [-0.25, -0.2) is 9.78 Å². The van der Waals surface area contributed by atoms with Gasteiger partial charge < -0.3 is 20.7 Å². The number of anilines is 3. The number of aryl methyl sites for hydroxylation is 1. The number of carbonyl (C=O) groups excluding carboxylic acids is 1. The number of thiazole rings is 1. The van der Waals surface area contributed by atoms with Crippen molar-refractivity contribution >= 4 is 39.4 Å². The van der Waals surface area contributed by atoms with Crippen LogP contribution in [0.4, 0.5) is 16.5 Å². The standard InChI is InChI=1S/C25H26N4O2S/c1-16-6-11-20(27-14-18-7-9-19(10-8-18)24(30)31-3)13-22(16)28-25-29-23(15-32-25)21-5-4-12-26-17(21)2/h4-13,15,17,26-27H,14H2,1-3H3,(H,28,29). The molecule has 0 saturated carbocycles. The fourth-order valence-corrected chi connectivity index (χ4v) is 4.15. The minimum Gasteiger partial charge on any atom is -0.465 e. The Morgan fingerprint density at radius 3 is 2.78 bits per heavy atom. The van der Waals surface area contributed by atoms with E-state index in [0.717, 1.165) is 33.3 Å². The van der Waals surface area contributed by atoms with Crippen LogP contribution >= 0.6 is 11.3 Å². The molecule has 0 spiro atoms. The van der Waals surface area contributed by atoms with E-state index in [0.29, 0.717) is 12.1 Å². The van der Waals surface area contributed by atoms with Gasteiger partial charge in [0.05, 0.1) is 24.4 Å². The number of benzene rings is 2. The lowest BCUT2D eigenvalue weighted by Gasteiger charge is -2.17. The van der Waals surface area contributed by atoms with Gasteiger partial charge in [-0.05, 0) is 61.5 Å². The van der Waals surface area contributed by atoms with Crippen LogP contribution in [0.2, 0.25) is 0 Å². The van der Waals surface area contributed by atoms with E-state index in [9.17, 15) is 4.79 Å². The molecule has 6 nitrogen and oxygen atoms in total. The second kappa shape index (κ2) is 9.70. The van der Waals surface area contributed by atoms with Crippen LogP contribution in [-0.4, -0.2) is 24.1 Å². The topological polar surface area (TPSA) is 75.3 Å². The number of hydrogen-bond acceptors (Lipinski definition) is 7. The number of aromatic nitrogens is 1. The Bertz CT molecular complexity index is 1160. The number of rotatable bonds is 7. The molecule has 0 saturated heterocycles. The van der Waals surface area contributed by atoms with Crippen LogP contribution in [0.15, 0.2) is 66.2 Å². The maximum atomic E-state index is 11.6. The van der Waals surface area contributed by atoms with Crippen LogP contribution in [-0.2, 0) is 11.3 Å². The molecule has 1 aliphatic heterocycles. The summed E-state index contributed by atoms with van der Waals surface area (Å²) in [5.74, 6) is -0.328. The fraction of sp³-hybridized carbons (Fsp3) is 0.200. The molecular weight excluding hydrogens is 420 g/mol. The van der Waals surface area contributed by atoms with Gasteiger partial charge in [-0.15, -0.1) is 11.3 Å². The van der Waals surface area contributed by atoms with Crippen molar-refractivity contribution in [1.82, 2.24) is 10.3 Å². The Labute approximate surface area is 192 Å². The van der Waals surface area contributed by atoms with E-state index in [1.165, 1.54) is 12.7 Å². The van der Waals surface area contributed by atoms with Gasteiger partial charge in [0.1, 0.15) is 0 Å². The quantitative estimate of drug-likeness (QED) is 0.417. The normalized spacial score (nSPS) is 15.0. The molecule has 2 aromatic carbocycles. The first-order valence-corrected chi connectivity index (χ1v) is 11.3. The number of carbonyl (C=O) groups is 1. The third-order valence-electron chi connectivity index (χ3n) is 5.34. The smallest absolute Gasteiger partial charge is 0.337 e. The first-order chi connectivity index (χ1) is 15.5. The average Bonchev–Trinajstić information content (AvgIpc) is 3.28. The van der Waals surface area contributed by atoms with Crippen LogP contribution in [0.1, 0.15) is 34.1 Å². The van der Waals surface area contributed by atoms with Gasteiger partial charge in [0, 0.05) is 28.9 Å². The van der Waals surface area contributed by atoms with Crippen molar-refractivity contribution < 1.29 is 9.53 Å². The SMILES string of the molecule is COC(=O)c1ccc(CNc2ccc(C)c(Nc3nc(C4=CC=CNC4C)cs3)c2)cc1. The summed E-state index contributed by atoms with van der Waals surface area (Å²) in [4.78, 5) is 16.4. The predicted molar refractivity (Wildman–Crippen MR) is 131 cm³/mol. The van der Waals surface area contributed by atoms with Crippen LogP contribution < -0.4 is 16.0 Å². The van der Waals surface area contributed by atoms with E-state index in [-0.39, 0.29) is 12.0 Å². The van der Waals surface area contributed by atoms with Crippen molar-refractivity contribution in [2.75, 3.05) is 17.7 Å². The zero-order valence-electron chi connectivity index (χ0n) is 18.3. The Balaban J connectivity index is 1.42. The highest BCUT2D eigenvalue weighted by molar-refractivity contribution is 7.13. The molecule has 1 aromatic heterocycles. The van der Waals surface area contributed by atoms with Crippen LogP contribution in [0, 0.1) is 6.92 Å². The molecule has 0 radical (unpaired) electrons. The van der Waals surface area contributed by atoms with Crippen LogP contribution in [0.25, 0.3) is 5.57 Å². The largest absolute Gasteiger partial charge is 0.465 e. The summed E-state index contributed by atoms with van der Waals surface area (Å²) >= 11 is 1.60. The lowest BCUT2D eigenvalue weighted by molar-refractivity contribution is 0.0600. The third kappa shape index (κ3) is 5.00. The Morgan fingerprint density at radius 2 is 2.03 bits per heavy atom. The van der Waals surface area contributed by atoms with E-state index in [1.807, 2.05) is 24.4 Å². The molecule has 3 N–H and O–H groups in total. The Kier molecular flexibility index (Phi) is 6.56. The van der Waals surface area contributed by atoms with E-state index in [4.69, 9.17) is 9.72 Å².